The van der Waals surface area contributed by atoms with E-state index in [4.69, 9.17) is 0 Å². The molecule has 21 heavy (non-hydrogen) atoms. The molecule has 0 heterocycles. The number of ketones is 1. The van der Waals surface area contributed by atoms with Gasteiger partial charge in [0.25, 0.3) is 0 Å². The number of carbonyl (C=O) groups excluding carboxylic acids is 4. The first-order valence-electron chi connectivity index (χ1n) is 5.97. The first-order valence-corrected chi connectivity index (χ1v) is 8.69. The minimum Gasteiger partial charge on any atom is -0.294 e. The molecule has 1 radical (unpaired) electrons. The van der Waals surface area contributed by atoms with Crippen LogP contribution < -0.4 is 0 Å². The number of allylic oxidation sites excluding steroid dienone is 4. The minimum atomic E-state index is -3.02. The first kappa shape index (κ1) is 17.0. The summed E-state index contributed by atoms with van der Waals surface area (Å²) in [5.41, 5.74) is 0.664. The number of benzene rings is 1. The van der Waals surface area contributed by atoms with Gasteiger partial charge in [-0.3, -0.25) is 4.79 Å². The minimum absolute atomic E-state index is 0.129. The van der Waals surface area contributed by atoms with Crippen LogP contribution in [-0.2, 0) is 27.2 Å². The molecule has 2 rings (SSSR count). The standard InChI is InChI=1S/C8H7O.C5H5.3CHO.Mn/c1-7(9)8-5-3-2-4-6-8;1-2-4-5-3-1;3*1-2;/h2-6H,1H2;1-5H;3*1H;. The average Bonchev–Trinajstić information content (AvgIpc) is 3.06. The maximum absolute atomic E-state index is 10.6. The Hall–Kier alpha value is -2.10. The van der Waals surface area contributed by atoms with Crippen molar-refractivity contribution in [3.8, 4) is 0 Å². The van der Waals surface area contributed by atoms with Crippen LogP contribution in [0.5, 0.6) is 0 Å². The summed E-state index contributed by atoms with van der Waals surface area (Å²) in [6.45, 7) is 3.27. The van der Waals surface area contributed by atoms with Gasteiger partial charge in [-0.1, -0.05) is 30.3 Å². The Bertz CT molecular complexity index is 541. The molecule has 0 amide bonds. The van der Waals surface area contributed by atoms with E-state index in [0.717, 1.165) is 0 Å². The summed E-state index contributed by atoms with van der Waals surface area (Å²) >= 11 is -3.02. The molecule has 1 aliphatic carbocycles. The molecule has 0 unspecified atom stereocenters. The van der Waals surface area contributed by atoms with Gasteiger partial charge in [0, 0.05) is 12.5 Å². The predicted octanol–water partition coefficient (Wildman–Crippen LogP) is 2.33. The summed E-state index contributed by atoms with van der Waals surface area (Å²) < 4.78 is 0. The van der Waals surface area contributed by atoms with Crippen molar-refractivity contribution in [3.63, 3.8) is 0 Å². The predicted molar refractivity (Wildman–Crippen MR) is 78.4 cm³/mol. The number of rotatable bonds is 5. The molecule has 0 saturated carbocycles. The molecule has 1 aliphatic rings. The Morgan fingerprint density at radius 3 is 1.76 bits per heavy atom. The van der Waals surface area contributed by atoms with Gasteiger partial charge in [-0.15, -0.1) is 0 Å². The molecule has 110 valence electrons. The van der Waals surface area contributed by atoms with Crippen molar-refractivity contribution in [2.24, 2.45) is 0 Å². The van der Waals surface area contributed by atoms with Gasteiger partial charge in [0.05, 0.1) is 0 Å². The zero-order chi connectivity index (χ0) is 15.7. The molecule has 0 atom stereocenters. The van der Waals surface area contributed by atoms with E-state index < -0.39 is 12.8 Å². The van der Waals surface area contributed by atoms with Crippen LogP contribution in [0.3, 0.4) is 0 Å². The van der Waals surface area contributed by atoms with Gasteiger partial charge in [0.15, 0.2) is 5.78 Å². The fourth-order valence-corrected chi connectivity index (χ4v) is 3.32. The Labute approximate surface area is 125 Å². The summed E-state index contributed by atoms with van der Waals surface area (Å²) in [7, 11) is 0. The Balaban J connectivity index is 0.000000219. The molecule has 0 aromatic heterocycles. The van der Waals surface area contributed by atoms with Crippen molar-refractivity contribution in [1.82, 2.24) is 0 Å². The third kappa shape index (κ3) is 4.45. The van der Waals surface area contributed by atoms with Gasteiger partial charge < -0.3 is 0 Å². The van der Waals surface area contributed by atoms with E-state index in [-0.39, 0.29) is 10.6 Å². The van der Waals surface area contributed by atoms with Crippen LogP contribution in [0.15, 0.2) is 54.6 Å². The molecule has 1 aromatic rings. The molecule has 4 nitrogen and oxygen atoms in total. The molecule has 0 fully saturated rings. The molecular weight excluding hydrogens is 311 g/mol. The fraction of sp³-hybridized carbons (Fsp3) is 0.0625. The maximum atomic E-state index is 10.6. The largest absolute Gasteiger partial charge is 0.294 e. The third-order valence-electron chi connectivity index (χ3n) is 2.70. The monoisotopic (exact) mass is 326 g/mol. The van der Waals surface area contributed by atoms with Crippen molar-refractivity contribution >= 4 is 21.3 Å². The van der Waals surface area contributed by atoms with E-state index in [9.17, 15) is 19.2 Å². The summed E-state index contributed by atoms with van der Waals surface area (Å²) in [5, 5.41) is 1.58. The second-order valence-electron chi connectivity index (χ2n) is 4.03. The molecule has 0 aliphatic heterocycles. The van der Waals surface area contributed by atoms with Crippen LogP contribution in [0.25, 0.3) is 0 Å². The van der Waals surface area contributed by atoms with Crippen molar-refractivity contribution in [1.29, 1.82) is 0 Å². The van der Waals surface area contributed by atoms with Crippen molar-refractivity contribution in [2.75, 3.05) is 0 Å². The van der Waals surface area contributed by atoms with Gasteiger partial charge >= 0.3 is 71.9 Å². The zero-order valence-corrected chi connectivity index (χ0v) is 12.4. The molecule has 5 heteroatoms. The molecule has 1 aromatic carbocycles. The summed E-state index contributed by atoms with van der Waals surface area (Å²) in [6, 6.07) is 8.99. The fourth-order valence-electron chi connectivity index (χ4n) is 1.52. The van der Waals surface area contributed by atoms with Gasteiger partial charge in [-0.2, -0.15) is 0 Å². The topological polar surface area (TPSA) is 68.3 Å². The van der Waals surface area contributed by atoms with E-state index >= 15 is 0 Å². The smallest absolute Gasteiger partial charge is 0.163 e. The normalized spacial score (nSPS) is 14.0. The Morgan fingerprint density at radius 2 is 1.43 bits per heavy atom. The van der Waals surface area contributed by atoms with Crippen LogP contribution in [0.2, 0.25) is 4.82 Å². The maximum Gasteiger partial charge on any atom is 0.163 e. The second kappa shape index (κ2) is 8.25. The van der Waals surface area contributed by atoms with Gasteiger partial charge in [0.1, 0.15) is 0 Å². The first-order chi connectivity index (χ1) is 10.1. The number of hydrogen-bond donors (Lipinski definition) is 0. The number of carbonyl (C=O) groups is 4. The molecular formula is C16H15MnO4. The van der Waals surface area contributed by atoms with E-state index in [1.54, 1.807) is 36.4 Å². The van der Waals surface area contributed by atoms with Gasteiger partial charge in [-0.05, 0) is 0 Å². The van der Waals surface area contributed by atoms with Crippen molar-refractivity contribution in [3.05, 3.63) is 67.1 Å². The van der Waals surface area contributed by atoms with Gasteiger partial charge in [-0.25, -0.2) is 0 Å². The SMILES string of the molecule is O=[CH][Mn]([CH]=O)([CH]=O)[CH]1C=CC=C1.[CH2]C(=O)c1ccccc1. The number of Topliss-reactive ketones (excluding diaryl/α,β-unsaturated/α-hetero) is 1. The van der Waals surface area contributed by atoms with E-state index in [0.29, 0.717) is 21.1 Å². The van der Waals surface area contributed by atoms with Crippen molar-refractivity contribution in [2.45, 2.75) is 4.82 Å². The second-order valence-corrected chi connectivity index (χ2v) is 8.01. The van der Waals surface area contributed by atoms with E-state index in [1.807, 2.05) is 18.2 Å². The third-order valence-corrected chi connectivity index (χ3v) is 5.96. The van der Waals surface area contributed by atoms with Crippen LogP contribution in [0.4, 0.5) is 0 Å². The summed E-state index contributed by atoms with van der Waals surface area (Å²) in [4.78, 5) is 42.1. The Morgan fingerprint density at radius 1 is 0.952 bits per heavy atom. The Kier molecular flexibility index (Phi) is 6.66. The summed E-state index contributed by atoms with van der Waals surface area (Å²) in [5.74, 6) is -0.129. The van der Waals surface area contributed by atoms with Crippen molar-refractivity contribution < 1.29 is 32.0 Å². The quantitative estimate of drug-likeness (QED) is 0.473. The van der Waals surface area contributed by atoms with Crippen LogP contribution in [0.1, 0.15) is 10.4 Å². The van der Waals surface area contributed by atoms with Crippen LogP contribution >= 0.6 is 0 Å². The van der Waals surface area contributed by atoms with Crippen LogP contribution in [-0.4, -0.2) is 21.3 Å². The van der Waals surface area contributed by atoms with Gasteiger partial charge in [0.2, 0.25) is 0 Å². The molecule has 0 spiro atoms. The molecule has 0 N–H and O–H groups in total. The number of hydrogen-bond acceptors (Lipinski definition) is 4. The van der Waals surface area contributed by atoms with E-state index in [1.165, 1.54) is 0 Å². The molecule has 0 saturated heterocycles. The zero-order valence-electron chi connectivity index (χ0n) is 11.2. The van der Waals surface area contributed by atoms with Crippen LogP contribution in [0, 0.1) is 6.92 Å². The average molecular weight is 326 g/mol. The summed E-state index contributed by atoms with van der Waals surface area (Å²) in [6.07, 6.45) is 6.90. The van der Waals surface area contributed by atoms with E-state index in [2.05, 4.69) is 6.92 Å². The molecule has 0 bridgehead atoms.